The van der Waals surface area contributed by atoms with Crippen LogP contribution in [0.25, 0.3) is 11.6 Å². The number of amides is 1. The van der Waals surface area contributed by atoms with Crippen molar-refractivity contribution in [1.29, 1.82) is 0 Å². The van der Waals surface area contributed by atoms with Crippen molar-refractivity contribution in [2.75, 3.05) is 46.3 Å². The van der Waals surface area contributed by atoms with Gasteiger partial charge in [-0.05, 0) is 55.9 Å². The highest BCUT2D eigenvalue weighted by atomic mass is 32.1. The van der Waals surface area contributed by atoms with E-state index in [0.717, 1.165) is 42.9 Å². The molecule has 1 amide bonds. The monoisotopic (exact) mass is 523 g/mol. The van der Waals surface area contributed by atoms with E-state index in [1.165, 1.54) is 11.3 Å². The summed E-state index contributed by atoms with van der Waals surface area (Å²) in [5.74, 6) is 1.29. The van der Waals surface area contributed by atoms with Crippen LogP contribution in [0, 0.1) is 0 Å². The number of fused-ring (bicyclic) bond motifs is 1. The zero-order chi connectivity index (χ0) is 26.5. The summed E-state index contributed by atoms with van der Waals surface area (Å²) in [6.07, 6.45) is 2.60. The Hall–Kier alpha value is -3.56. The molecule has 1 aromatic heterocycles. The van der Waals surface area contributed by atoms with Crippen LogP contribution in [0.4, 0.5) is 5.69 Å². The van der Waals surface area contributed by atoms with Crippen LogP contribution in [-0.4, -0.2) is 56.3 Å². The minimum Gasteiger partial charge on any atom is -0.493 e. The van der Waals surface area contributed by atoms with E-state index in [-0.39, 0.29) is 11.5 Å². The molecule has 1 aliphatic heterocycles. The molecule has 0 atom stereocenters. The molecule has 1 aliphatic rings. The number of thiazole rings is 1. The van der Waals surface area contributed by atoms with Gasteiger partial charge in [-0.25, -0.2) is 0 Å². The highest BCUT2D eigenvalue weighted by Gasteiger charge is 2.26. The molecule has 0 saturated heterocycles. The van der Waals surface area contributed by atoms with Gasteiger partial charge in [0.05, 0.1) is 31.4 Å². The first-order valence-electron chi connectivity index (χ1n) is 12.3. The van der Waals surface area contributed by atoms with E-state index in [1.807, 2.05) is 24.3 Å². The third-order valence-corrected chi connectivity index (χ3v) is 7.66. The second-order valence-corrected chi connectivity index (χ2v) is 9.62. The van der Waals surface area contributed by atoms with Gasteiger partial charge < -0.3 is 24.4 Å². The molecule has 3 aromatic rings. The standard InChI is InChI=1S/C28H33N3O5S/c1-6-30(7-2)13-10-14-31-27(33)23(17-18-15-21(34-3)25(36-5)22(16-18)35-4)37-28(31)24-19-11-8-9-12-20(19)29-26(24)32/h8-9,11-12,15-17H,6-7,10,13-14H2,1-5H3,(H,29,32)/b23-17+,28-24+. The van der Waals surface area contributed by atoms with Crippen molar-refractivity contribution in [3.63, 3.8) is 0 Å². The predicted molar refractivity (Wildman–Crippen MR) is 147 cm³/mol. The van der Waals surface area contributed by atoms with Crippen LogP contribution in [-0.2, 0) is 11.3 Å². The number of nitrogens with one attached hydrogen (secondary N) is 1. The number of aromatic nitrogens is 1. The van der Waals surface area contributed by atoms with E-state index in [1.54, 1.807) is 44.1 Å². The van der Waals surface area contributed by atoms with Gasteiger partial charge in [0.1, 0.15) is 4.66 Å². The molecule has 0 fully saturated rings. The minimum atomic E-state index is -0.195. The second-order valence-electron chi connectivity index (χ2n) is 8.59. The average Bonchev–Trinajstić information content (AvgIpc) is 3.40. The second kappa shape index (κ2) is 11.7. The summed E-state index contributed by atoms with van der Waals surface area (Å²) in [4.78, 5) is 29.1. The Morgan fingerprint density at radius 1 is 1.00 bits per heavy atom. The molecule has 0 spiro atoms. The number of ether oxygens (including phenoxy) is 3. The molecular formula is C28H33N3O5S. The number of para-hydroxylation sites is 1. The van der Waals surface area contributed by atoms with Crippen molar-refractivity contribution < 1.29 is 19.0 Å². The Balaban J connectivity index is 1.90. The SMILES string of the molecule is CCN(CC)CCCn1c(=O)/c(=C\c2cc(OC)c(OC)c(OC)c2)s/c1=C1/C(=O)Nc2ccccc21. The van der Waals surface area contributed by atoms with Crippen LogP contribution in [0.5, 0.6) is 17.2 Å². The number of rotatable bonds is 10. The van der Waals surface area contributed by atoms with Gasteiger partial charge in [0.15, 0.2) is 11.5 Å². The lowest BCUT2D eigenvalue weighted by atomic mass is 10.1. The van der Waals surface area contributed by atoms with E-state index in [2.05, 4.69) is 24.1 Å². The summed E-state index contributed by atoms with van der Waals surface area (Å²) in [7, 11) is 4.66. The average molecular weight is 524 g/mol. The van der Waals surface area contributed by atoms with Gasteiger partial charge in [-0.15, -0.1) is 11.3 Å². The molecule has 9 heteroatoms. The van der Waals surface area contributed by atoms with Gasteiger partial charge in [0, 0.05) is 17.8 Å². The minimum absolute atomic E-state index is 0.127. The zero-order valence-corrected chi connectivity index (χ0v) is 22.7. The van der Waals surface area contributed by atoms with Crippen molar-refractivity contribution in [1.82, 2.24) is 9.47 Å². The normalized spacial score (nSPS) is 14.6. The van der Waals surface area contributed by atoms with E-state index < -0.39 is 0 Å². The predicted octanol–water partition coefficient (Wildman–Crippen LogP) is 2.65. The van der Waals surface area contributed by atoms with Gasteiger partial charge in [-0.3, -0.25) is 14.2 Å². The molecule has 0 saturated carbocycles. The summed E-state index contributed by atoms with van der Waals surface area (Å²) in [6.45, 7) is 7.56. The highest BCUT2D eigenvalue weighted by Crippen LogP contribution is 2.38. The van der Waals surface area contributed by atoms with Crippen molar-refractivity contribution in [3.05, 3.63) is 67.1 Å². The molecule has 1 N–H and O–H groups in total. The number of benzene rings is 2. The number of hydrogen-bond acceptors (Lipinski definition) is 7. The molecule has 0 unspecified atom stereocenters. The Kier molecular flexibility index (Phi) is 8.35. The van der Waals surface area contributed by atoms with Crippen LogP contribution < -0.4 is 34.3 Å². The fourth-order valence-corrected chi connectivity index (χ4v) is 5.76. The molecule has 2 aromatic carbocycles. The molecule has 4 rings (SSSR count). The molecule has 37 heavy (non-hydrogen) atoms. The number of nitrogens with zero attached hydrogens (tertiary/aromatic N) is 2. The fourth-order valence-electron chi connectivity index (χ4n) is 4.57. The maximum atomic E-state index is 13.7. The lowest BCUT2D eigenvalue weighted by Crippen LogP contribution is -2.34. The number of hydrogen-bond donors (Lipinski definition) is 1. The van der Waals surface area contributed by atoms with E-state index in [4.69, 9.17) is 14.2 Å². The van der Waals surface area contributed by atoms with Crippen molar-refractivity contribution in [2.45, 2.75) is 26.8 Å². The van der Waals surface area contributed by atoms with Crippen molar-refractivity contribution in [3.8, 4) is 17.2 Å². The molecule has 0 bridgehead atoms. The summed E-state index contributed by atoms with van der Waals surface area (Å²) in [5.41, 5.74) is 2.71. The van der Waals surface area contributed by atoms with E-state index in [0.29, 0.717) is 38.6 Å². The van der Waals surface area contributed by atoms with Gasteiger partial charge in [-0.1, -0.05) is 32.0 Å². The number of anilines is 1. The first-order chi connectivity index (χ1) is 17.9. The maximum absolute atomic E-state index is 13.7. The smallest absolute Gasteiger partial charge is 0.269 e. The first-order valence-corrected chi connectivity index (χ1v) is 13.2. The Morgan fingerprint density at radius 3 is 2.30 bits per heavy atom. The van der Waals surface area contributed by atoms with Gasteiger partial charge in [0.2, 0.25) is 5.75 Å². The topological polar surface area (TPSA) is 82.0 Å². The summed E-state index contributed by atoms with van der Waals surface area (Å²) >= 11 is 1.32. The third-order valence-electron chi connectivity index (χ3n) is 6.53. The van der Waals surface area contributed by atoms with Crippen LogP contribution in [0.2, 0.25) is 0 Å². The van der Waals surface area contributed by atoms with Crippen LogP contribution in [0.15, 0.2) is 41.2 Å². The maximum Gasteiger partial charge on any atom is 0.269 e. The fraction of sp³-hybridized carbons (Fsp3) is 0.357. The third kappa shape index (κ3) is 5.28. The summed E-state index contributed by atoms with van der Waals surface area (Å²) in [6, 6.07) is 11.2. The zero-order valence-electron chi connectivity index (χ0n) is 21.9. The number of carbonyl (C=O) groups excluding carboxylic acids is 1. The molecule has 2 heterocycles. The molecule has 0 aliphatic carbocycles. The van der Waals surface area contributed by atoms with E-state index in [9.17, 15) is 9.59 Å². The Bertz CT molecular complexity index is 1440. The van der Waals surface area contributed by atoms with Gasteiger partial charge in [0.25, 0.3) is 11.5 Å². The molecule has 196 valence electrons. The van der Waals surface area contributed by atoms with Crippen molar-refractivity contribution in [2.24, 2.45) is 0 Å². The van der Waals surface area contributed by atoms with Gasteiger partial charge >= 0.3 is 0 Å². The Labute approximate surface area is 220 Å². The van der Waals surface area contributed by atoms with Gasteiger partial charge in [-0.2, -0.15) is 0 Å². The highest BCUT2D eigenvalue weighted by molar-refractivity contribution is 7.07. The van der Waals surface area contributed by atoms with Crippen LogP contribution in [0.3, 0.4) is 0 Å². The first kappa shape index (κ1) is 26.5. The van der Waals surface area contributed by atoms with Crippen LogP contribution >= 0.6 is 11.3 Å². The lowest BCUT2D eigenvalue weighted by Gasteiger charge is -2.17. The van der Waals surface area contributed by atoms with Crippen molar-refractivity contribution >= 4 is 34.6 Å². The largest absolute Gasteiger partial charge is 0.493 e. The quantitative estimate of drug-likeness (QED) is 0.440. The number of carbonyl (C=O) groups is 1. The molecular weight excluding hydrogens is 490 g/mol. The molecule has 8 nitrogen and oxygen atoms in total. The lowest BCUT2D eigenvalue weighted by molar-refractivity contribution is -0.110. The number of methoxy groups -OCH3 is 3. The van der Waals surface area contributed by atoms with E-state index >= 15 is 0 Å². The Morgan fingerprint density at radius 2 is 1.68 bits per heavy atom. The van der Waals surface area contributed by atoms with Crippen LogP contribution in [0.1, 0.15) is 31.4 Å². The summed E-state index contributed by atoms with van der Waals surface area (Å²) in [5, 5.41) is 2.94. The molecule has 0 radical (unpaired) electrons. The summed E-state index contributed by atoms with van der Waals surface area (Å²) < 4.78 is 19.3.